The van der Waals surface area contributed by atoms with Gasteiger partial charge in [0.2, 0.25) is 0 Å². The number of rotatable bonds is 2. The van der Waals surface area contributed by atoms with E-state index in [1.54, 1.807) is 0 Å². The summed E-state index contributed by atoms with van der Waals surface area (Å²) >= 11 is 0. The number of hydrogen-bond donors (Lipinski definition) is 0. The fourth-order valence-corrected chi connectivity index (χ4v) is 1.74. The van der Waals surface area contributed by atoms with Gasteiger partial charge in [-0.15, -0.1) is 0 Å². The minimum atomic E-state index is -0.382. The van der Waals surface area contributed by atoms with Crippen LogP contribution in [0.1, 0.15) is 40.0 Å². The van der Waals surface area contributed by atoms with Gasteiger partial charge in [-0.05, 0) is 47.2 Å². The van der Waals surface area contributed by atoms with Gasteiger partial charge in [-0.25, -0.2) is 0 Å². The third-order valence-electron chi connectivity index (χ3n) is 2.94. The Morgan fingerprint density at radius 2 is 2.07 bits per heavy atom. The van der Waals surface area contributed by atoms with Gasteiger partial charge in [0, 0.05) is 6.04 Å². The standard InChI is InChI=1S/C12H23NO2/c1-12(2,3)11(14)15-9-10-7-5-6-8-13(10)4/h10H,5-9H2,1-4H3. The summed E-state index contributed by atoms with van der Waals surface area (Å²) in [6.07, 6.45) is 3.66. The first-order chi connectivity index (χ1) is 6.91. The van der Waals surface area contributed by atoms with Gasteiger partial charge in [-0.3, -0.25) is 4.79 Å². The lowest BCUT2D eigenvalue weighted by Crippen LogP contribution is -2.40. The van der Waals surface area contributed by atoms with E-state index in [1.807, 2.05) is 20.8 Å². The van der Waals surface area contributed by atoms with Gasteiger partial charge in [-0.2, -0.15) is 0 Å². The molecule has 0 aliphatic carbocycles. The molecule has 1 atom stereocenters. The lowest BCUT2D eigenvalue weighted by molar-refractivity contribution is -0.155. The monoisotopic (exact) mass is 213 g/mol. The van der Waals surface area contributed by atoms with Crippen LogP contribution in [0.5, 0.6) is 0 Å². The summed E-state index contributed by atoms with van der Waals surface area (Å²) in [6.45, 7) is 7.34. The molecule has 0 saturated carbocycles. The predicted octanol–water partition coefficient (Wildman–Crippen LogP) is 2.06. The summed E-state index contributed by atoms with van der Waals surface area (Å²) in [6, 6.07) is 0.421. The second-order valence-electron chi connectivity index (χ2n) is 5.48. The fraction of sp³-hybridized carbons (Fsp3) is 0.917. The van der Waals surface area contributed by atoms with Gasteiger partial charge >= 0.3 is 5.97 Å². The summed E-state index contributed by atoms with van der Waals surface area (Å²) < 4.78 is 5.34. The number of carbonyl (C=O) groups excluding carboxylic acids is 1. The van der Waals surface area contributed by atoms with Crippen LogP contribution in [-0.2, 0) is 9.53 Å². The van der Waals surface area contributed by atoms with Crippen molar-refractivity contribution in [2.45, 2.75) is 46.1 Å². The number of esters is 1. The van der Waals surface area contributed by atoms with E-state index in [1.165, 1.54) is 12.8 Å². The van der Waals surface area contributed by atoms with Crippen molar-refractivity contribution in [2.75, 3.05) is 20.2 Å². The van der Waals surface area contributed by atoms with Gasteiger partial charge < -0.3 is 9.64 Å². The first kappa shape index (κ1) is 12.5. The van der Waals surface area contributed by atoms with Crippen LogP contribution in [0.3, 0.4) is 0 Å². The van der Waals surface area contributed by atoms with Crippen molar-refractivity contribution in [3.63, 3.8) is 0 Å². The number of carbonyl (C=O) groups is 1. The summed E-state index contributed by atoms with van der Waals surface area (Å²) in [5.74, 6) is -0.0959. The van der Waals surface area contributed by atoms with Crippen LogP contribution in [-0.4, -0.2) is 37.1 Å². The molecule has 1 heterocycles. The minimum absolute atomic E-state index is 0.0959. The van der Waals surface area contributed by atoms with Gasteiger partial charge in [0.1, 0.15) is 6.61 Å². The van der Waals surface area contributed by atoms with Crippen LogP contribution in [0.25, 0.3) is 0 Å². The highest BCUT2D eigenvalue weighted by Gasteiger charge is 2.26. The average molecular weight is 213 g/mol. The van der Waals surface area contributed by atoms with Crippen molar-refractivity contribution >= 4 is 5.97 Å². The molecular formula is C12H23NO2. The maximum Gasteiger partial charge on any atom is 0.311 e. The number of nitrogens with zero attached hydrogens (tertiary/aromatic N) is 1. The Balaban J connectivity index is 2.33. The van der Waals surface area contributed by atoms with E-state index in [9.17, 15) is 4.79 Å². The van der Waals surface area contributed by atoms with Crippen molar-refractivity contribution in [3.8, 4) is 0 Å². The SMILES string of the molecule is CN1CCCCC1COC(=O)C(C)(C)C. The van der Waals surface area contributed by atoms with Crippen molar-refractivity contribution in [1.82, 2.24) is 4.90 Å². The molecule has 0 aromatic rings. The van der Waals surface area contributed by atoms with Crippen LogP contribution >= 0.6 is 0 Å². The first-order valence-corrected chi connectivity index (χ1v) is 5.79. The minimum Gasteiger partial charge on any atom is -0.464 e. The van der Waals surface area contributed by atoms with E-state index >= 15 is 0 Å². The fourth-order valence-electron chi connectivity index (χ4n) is 1.74. The maximum absolute atomic E-state index is 11.6. The molecule has 1 fully saturated rings. The molecule has 3 nitrogen and oxygen atoms in total. The molecule has 3 heteroatoms. The van der Waals surface area contributed by atoms with Gasteiger partial charge in [0.25, 0.3) is 0 Å². The molecule has 0 bridgehead atoms. The summed E-state index contributed by atoms with van der Waals surface area (Å²) in [4.78, 5) is 13.9. The molecule has 0 aromatic carbocycles. The Kier molecular flexibility index (Phi) is 4.14. The summed E-state index contributed by atoms with van der Waals surface area (Å²) in [5, 5.41) is 0. The number of likely N-dealkylation sites (N-methyl/N-ethyl adjacent to an activating group) is 1. The van der Waals surface area contributed by atoms with Crippen LogP contribution in [0, 0.1) is 5.41 Å². The van der Waals surface area contributed by atoms with E-state index in [0.717, 1.165) is 13.0 Å². The molecule has 0 aromatic heterocycles. The highest BCUT2D eigenvalue weighted by molar-refractivity contribution is 5.75. The normalized spacial score (nSPS) is 23.9. The van der Waals surface area contributed by atoms with E-state index in [-0.39, 0.29) is 11.4 Å². The average Bonchev–Trinajstić information content (AvgIpc) is 2.14. The van der Waals surface area contributed by atoms with Gasteiger partial charge in [0.05, 0.1) is 5.41 Å². The summed E-state index contributed by atoms with van der Waals surface area (Å²) in [7, 11) is 2.11. The Morgan fingerprint density at radius 3 is 2.60 bits per heavy atom. The molecular weight excluding hydrogens is 190 g/mol. The molecule has 1 aliphatic rings. The molecule has 0 spiro atoms. The third-order valence-corrected chi connectivity index (χ3v) is 2.94. The van der Waals surface area contributed by atoms with E-state index < -0.39 is 0 Å². The van der Waals surface area contributed by atoms with Gasteiger partial charge in [-0.1, -0.05) is 6.42 Å². The van der Waals surface area contributed by atoms with E-state index in [0.29, 0.717) is 12.6 Å². The third kappa shape index (κ3) is 3.82. The lowest BCUT2D eigenvalue weighted by atomic mass is 9.97. The molecule has 0 N–H and O–H groups in total. The molecule has 0 radical (unpaired) electrons. The van der Waals surface area contributed by atoms with E-state index in [4.69, 9.17) is 4.74 Å². The molecule has 88 valence electrons. The first-order valence-electron chi connectivity index (χ1n) is 5.79. The van der Waals surface area contributed by atoms with Crippen LogP contribution in [0.15, 0.2) is 0 Å². The second-order valence-corrected chi connectivity index (χ2v) is 5.48. The Bertz CT molecular complexity index is 220. The van der Waals surface area contributed by atoms with Crippen molar-refractivity contribution in [2.24, 2.45) is 5.41 Å². The predicted molar refractivity (Wildman–Crippen MR) is 60.7 cm³/mol. The maximum atomic E-state index is 11.6. The van der Waals surface area contributed by atoms with E-state index in [2.05, 4.69) is 11.9 Å². The summed E-state index contributed by atoms with van der Waals surface area (Å²) in [5.41, 5.74) is -0.382. The van der Waals surface area contributed by atoms with Crippen LogP contribution < -0.4 is 0 Å². The zero-order valence-electron chi connectivity index (χ0n) is 10.4. The highest BCUT2D eigenvalue weighted by Crippen LogP contribution is 2.18. The van der Waals surface area contributed by atoms with Crippen LogP contribution in [0.2, 0.25) is 0 Å². The number of ether oxygens (including phenoxy) is 1. The van der Waals surface area contributed by atoms with Crippen molar-refractivity contribution in [3.05, 3.63) is 0 Å². The van der Waals surface area contributed by atoms with Crippen molar-refractivity contribution in [1.29, 1.82) is 0 Å². The zero-order valence-corrected chi connectivity index (χ0v) is 10.4. The quantitative estimate of drug-likeness (QED) is 0.658. The topological polar surface area (TPSA) is 29.5 Å². The second kappa shape index (κ2) is 4.97. The Hall–Kier alpha value is -0.570. The Labute approximate surface area is 92.8 Å². The molecule has 1 saturated heterocycles. The number of piperidine rings is 1. The molecule has 0 amide bonds. The Morgan fingerprint density at radius 1 is 1.40 bits per heavy atom. The van der Waals surface area contributed by atoms with Crippen molar-refractivity contribution < 1.29 is 9.53 Å². The lowest BCUT2D eigenvalue weighted by Gasteiger charge is -2.32. The highest BCUT2D eigenvalue weighted by atomic mass is 16.5. The molecule has 1 unspecified atom stereocenters. The molecule has 15 heavy (non-hydrogen) atoms. The largest absolute Gasteiger partial charge is 0.464 e. The number of hydrogen-bond acceptors (Lipinski definition) is 3. The molecule has 1 rings (SSSR count). The zero-order chi connectivity index (χ0) is 11.5. The number of likely N-dealkylation sites (tertiary alicyclic amines) is 1. The van der Waals surface area contributed by atoms with Gasteiger partial charge in [0.15, 0.2) is 0 Å². The van der Waals surface area contributed by atoms with Crippen LogP contribution in [0.4, 0.5) is 0 Å². The smallest absolute Gasteiger partial charge is 0.311 e. The molecule has 1 aliphatic heterocycles.